The van der Waals surface area contributed by atoms with Gasteiger partial charge in [-0.2, -0.15) is 4.98 Å². The summed E-state index contributed by atoms with van der Waals surface area (Å²) in [7, 11) is 0. The Kier molecular flexibility index (Phi) is 4.60. The van der Waals surface area contributed by atoms with E-state index < -0.39 is 0 Å². The zero-order valence-electron chi connectivity index (χ0n) is 12.8. The van der Waals surface area contributed by atoms with Gasteiger partial charge in [0.15, 0.2) is 5.76 Å². The van der Waals surface area contributed by atoms with E-state index in [0.29, 0.717) is 23.4 Å². The highest BCUT2D eigenvalue weighted by Gasteiger charge is 2.28. The Morgan fingerprint density at radius 1 is 1.30 bits per heavy atom. The summed E-state index contributed by atoms with van der Waals surface area (Å²) < 4.78 is 10.9. The molecule has 0 aliphatic rings. The molecule has 0 aliphatic carbocycles. The van der Waals surface area contributed by atoms with E-state index in [1.54, 1.807) is 6.26 Å². The first-order valence-corrected chi connectivity index (χ1v) is 7.16. The summed E-state index contributed by atoms with van der Waals surface area (Å²) in [6, 6.07) is 2.18. The summed E-state index contributed by atoms with van der Waals surface area (Å²) in [5.41, 5.74) is 1.01. The largest absolute Gasteiger partial charge is 0.461 e. The molecule has 2 aromatic rings. The van der Waals surface area contributed by atoms with Gasteiger partial charge >= 0.3 is 0 Å². The van der Waals surface area contributed by atoms with Crippen molar-refractivity contribution in [2.24, 2.45) is 5.92 Å². The van der Waals surface area contributed by atoms with Crippen LogP contribution < -0.4 is 5.32 Å². The lowest BCUT2D eigenvalue weighted by Crippen LogP contribution is -2.34. The SMILES string of the molecule is CCNC(C)C(c1nc(-c2occc2C)no1)C(C)C. The zero-order chi connectivity index (χ0) is 14.7. The summed E-state index contributed by atoms with van der Waals surface area (Å²) in [5, 5.41) is 7.49. The van der Waals surface area contributed by atoms with Crippen molar-refractivity contribution in [2.75, 3.05) is 6.54 Å². The van der Waals surface area contributed by atoms with Gasteiger partial charge in [-0.05, 0) is 37.9 Å². The Bertz CT molecular complexity index is 545. The second-order valence-electron chi connectivity index (χ2n) is 5.51. The first kappa shape index (κ1) is 14.8. The first-order chi connectivity index (χ1) is 9.54. The van der Waals surface area contributed by atoms with Crippen molar-refractivity contribution in [3.63, 3.8) is 0 Å². The molecule has 0 aliphatic heterocycles. The maximum absolute atomic E-state index is 5.47. The summed E-state index contributed by atoms with van der Waals surface area (Å²) in [6.45, 7) is 11.5. The van der Waals surface area contributed by atoms with Crippen molar-refractivity contribution in [1.29, 1.82) is 0 Å². The molecule has 0 amide bonds. The third-order valence-corrected chi connectivity index (χ3v) is 3.58. The van der Waals surface area contributed by atoms with Gasteiger partial charge in [0.25, 0.3) is 0 Å². The van der Waals surface area contributed by atoms with E-state index in [-0.39, 0.29) is 12.0 Å². The Balaban J connectivity index is 2.27. The molecule has 0 saturated heterocycles. The van der Waals surface area contributed by atoms with Crippen molar-refractivity contribution in [1.82, 2.24) is 15.5 Å². The third kappa shape index (κ3) is 2.93. The number of likely N-dealkylation sites (N-methyl/N-ethyl adjacent to an activating group) is 1. The molecule has 0 saturated carbocycles. The topological polar surface area (TPSA) is 64.1 Å². The molecule has 2 heterocycles. The predicted octanol–water partition coefficient (Wildman–Crippen LogP) is 3.38. The molecule has 0 aromatic carbocycles. The molecule has 0 fully saturated rings. The van der Waals surface area contributed by atoms with Crippen molar-refractivity contribution in [2.45, 2.75) is 46.6 Å². The number of nitrogens with zero attached hydrogens (tertiary/aromatic N) is 2. The molecule has 0 bridgehead atoms. The quantitative estimate of drug-likeness (QED) is 0.877. The van der Waals surface area contributed by atoms with Crippen LogP contribution in [0.4, 0.5) is 0 Å². The molecule has 110 valence electrons. The first-order valence-electron chi connectivity index (χ1n) is 7.16. The van der Waals surface area contributed by atoms with Gasteiger partial charge in [0.2, 0.25) is 11.7 Å². The van der Waals surface area contributed by atoms with Crippen LogP contribution in [-0.2, 0) is 0 Å². The van der Waals surface area contributed by atoms with E-state index in [9.17, 15) is 0 Å². The van der Waals surface area contributed by atoms with Gasteiger partial charge in [0, 0.05) is 6.04 Å². The predicted molar refractivity (Wildman–Crippen MR) is 77.5 cm³/mol. The average Bonchev–Trinajstić information content (AvgIpc) is 2.98. The van der Waals surface area contributed by atoms with Crippen LogP contribution in [0.5, 0.6) is 0 Å². The molecule has 0 spiro atoms. The van der Waals surface area contributed by atoms with E-state index in [4.69, 9.17) is 8.94 Å². The highest BCUT2D eigenvalue weighted by molar-refractivity contribution is 5.51. The molecular weight excluding hydrogens is 254 g/mol. The van der Waals surface area contributed by atoms with Crippen LogP contribution in [0.1, 0.15) is 45.1 Å². The second kappa shape index (κ2) is 6.22. The van der Waals surface area contributed by atoms with Crippen molar-refractivity contribution < 1.29 is 8.94 Å². The van der Waals surface area contributed by atoms with Crippen molar-refractivity contribution in [3.05, 3.63) is 23.8 Å². The summed E-state index contributed by atoms with van der Waals surface area (Å²) in [4.78, 5) is 4.53. The number of nitrogens with one attached hydrogen (secondary N) is 1. The van der Waals surface area contributed by atoms with Crippen molar-refractivity contribution >= 4 is 0 Å². The van der Waals surface area contributed by atoms with Crippen LogP contribution in [0.2, 0.25) is 0 Å². The minimum Gasteiger partial charge on any atom is -0.461 e. The molecular formula is C15H23N3O2. The number of hydrogen-bond acceptors (Lipinski definition) is 5. The molecule has 20 heavy (non-hydrogen) atoms. The van der Waals surface area contributed by atoms with Gasteiger partial charge in [-0.25, -0.2) is 0 Å². The molecule has 1 N–H and O–H groups in total. The fourth-order valence-corrected chi connectivity index (χ4v) is 2.59. The smallest absolute Gasteiger partial charge is 0.238 e. The lowest BCUT2D eigenvalue weighted by molar-refractivity contribution is 0.281. The normalized spacial score (nSPS) is 14.7. The summed E-state index contributed by atoms with van der Waals surface area (Å²) in [5.74, 6) is 2.47. The minimum atomic E-state index is 0.187. The zero-order valence-corrected chi connectivity index (χ0v) is 12.8. The fraction of sp³-hybridized carbons (Fsp3) is 0.600. The minimum absolute atomic E-state index is 0.187. The van der Waals surface area contributed by atoms with Crippen LogP contribution in [-0.4, -0.2) is 22.7 Å². The van der Waals surface area contributed by atoms with Gasteiger partial charge < -0.3 is 14.3 Å². The monoisotopic (exact) mass is 277 g/mol. The molecule has 2 unspecified atom stereocenters. The maximum Gasteiger partial charge on any atom is 0.238 e. The molecule has 2 atom stereocenters. The molecule has 2 aromatic heterocycles. The van der Waals surface area contributed by atoms with E-state index in [1.807, 2.05) is 13.0 Å². The number of furan rings is 1. The van der Waals surface area contributed by atoms with Gasteiger partial charge in [-0.1, -0.05) is 25.9 Å². The highest BCUT2D eigenvalue weighted by atomic mass is 16.5. The van der Waals surface area contributed by atoms with Crippen LogP contribution in [0, 0.1) is 12.8 Å². The Hall–Kier alpha value is -1.62. The van der Waals surface area contributed by atoms with Gasteiger partial charge in [0.1, 0.15) is 0 Å². The van der Waals surface area contributed by atoms with Crippen molar-refractivity contribution in [3.8, 4) is 11.6 Å². The van der Waals surface area contributed by atoms with E-state index in [0.717, 1.165) is 12.1 Å². The molecule has 5 nitrogen and oxygen atoms in total. The summed E-state index contributed by atoms with van der Waals surface area (Å²) >= 11 is 0. The van der Waals surface area contributed by atoms with Gasteiger partial charge in [-0.15, -0.1) is 0 Å². The molecule has 0 radical (unpaired) electrons. The standard InChI is InChI=1S/C15H23N3O2/c1-6-16-11(5)12(9(2)3)15-17-14(18-20-15)13-10(4)7-8-19-13/h7-9,11-12,16H,6H2,1-5H3. The summed E-state index contributed by atoms with van der Waals surface area (Å²) in [6.07, 6.45) is 1.64. The lowest BCUT2D eigenvalue weighted by Gasteiger charge is -2.24. The molecule has 2 rings (SSSR count). The Morgan fingerprint density at radius 2 is 2.05 bits per heavy atom. The van der Waals surface area contributed by atoms with Crippen LogP contribution in [0.25, 0.3) is 11.6 Å². The van der Waals surface area contributed by atoms with Gasteiger partial charge in [0.05, 0.1) is 12.2 Å². The van der Waals surface area contributed by atoms with Crippen LogP contribution in [0.15, 0.2) is 21.3 Å². The average molecular weight is 277 g/mol. The van der Waals surface area contributed by atoms with E-state index in [2.05, 4.69) is 43.2 Å². The van der Waals surface area contributed by atoms with Gasteiger partial charge in [-0.3, -0.25) is 0 Å². The number of rotatable bonds is 6. The van der Waals surface area contributed by atoms with E-state index in [1.165, 1.54) is 0 Å². The maximum atomic E-state index is 5.47. The number of aryl methyl sites for hydroxylation is 1. The second-order valence-corrected chi connectivity index (χ2v) is 5.51. The van der Waals surface area contributed by atoms with E-state index >= 15 is 0 Å². The fourth-order valence-electron chi connectivity index (χ4n) is 2.59. The Morgan fingerprint density at radius 3 is 2.60 bits per heavy atom. The van der Waals surface area contributed by atoms with Crippen LogP contribution in [0.3, 0.4) is 0 Å². The highest BCUT2D eigenvalue weighted by Crippen LogP contribution is 2.29. The lowest BCUT2D eigenvalue weighted by atomic mass is 9.89. The number of hydrogen-bond donors (Lipinski definition) is 1. The molecule has 5 heteroatoms. The number of aromatic nitrogens is 2. The third-order valence-electron chi connectivity index (χ3n) is 3.58. The Labute approximate surface area is 119 Å². The van der Waals surface area contributed by atoms with Crippen LogP contribution >= 0.6 is 0 Å².